The van der Waals surface area contributed by atoms with Gasteiger partial charge in [0.25, 0.3) is 0 Å². The molecule has 0 unspecified atom stereocenters. The van der Waals surface area contributed by atoms with E-state index in [0.29, 0.717) is 23.9 Å². The Labute approximate surface area is 155 Å². The highest BCUT2D eigenvalue weighted by molar-refractivity contribution is 8.02. The van der Waals surface area contributed by atoms with Gasteiger partial charge in [-0.25, -0.2) is 4.79 Å². The molecule has 3 aliphatic rings. The van der Waals surface area contributed by atoms with Crippen LogP contribution in [0.5, 0.6) is 0 Å². The molecule has 0 spiro atoms. The van der Waals surface area contributed by atoms with E-state index in [2.05, 4.69) is 4.90 Å². The van der Waals surface area contributed by atoms with Crippen LogP contribution in [0, 0.1) is 0 Å². The maximum Gasteiger partial charge on any atom is 0.352 e. The molecule has 0 radical (unpaired) electrons. The van der Waals surface area contributed by atoms with Crippen LogP contribution < -0.4 is 5.73 Å². The predicted molar refractivity (Wildman–Crippen MR) is 99.0 cm³/mol. The fourth-order valence-electron chi connectivity index (χ4n) is 3.47. The molecule has 4 N–H and O–H groups in total. The van der Waals surface area contributed by atoms with Crippen LogP contribution in [-0.4, -0.2) is 80.5 Å². The van der Waals surface area contributed by atoms with Gasteiger partial charge < -0.3 is 15.9 Å². The molecule has 3 atom stereocenters. The monoisotopic (exact) mass is 385 g/mol. The minimum Gasteiger partial charge on any atom is -0.477 e. The lowest BCUT2D eigenvalue weighted by Gasteiger charge is -2.47. The number of carboxylic acids is 1. The summed E-state index contributed by atoms with van der Waals surface area (Å²) in [6, 6.07) is -0.145. The first-order valence-electron chi connectivity index (χ1n) is 8.34. The third-order valence-electron chi connectivity index (χ3n) is 4.78. The molecule has 0 saturated carbocycles. The summed E-state index contributed by atoms with van der Waals surface area (Å²) >= 11 is 3.15. The number of carbonyl (C=O) groups excluding carboxylic acids is 1. The van der Waals surface area contributed by atoms with E-state index in [1.165, 1.54) is 16.7 Å². The Morgan fingerprint density at radius 2 is 2.28 bits per heavy atom. The summed E-state index contributed by atoms with van der Waals surface area (Å²) < 4.78 is 0. The number of aliphatic hydroxyl groups is 1. The SMILES string of the molecule is N[C@@H]1C(=O)N2C(C(=O)O)=C(C=CSC[C@@H]3CCCN3CCO)CS[C@H]12. The summed E-state index contributed by atoms with van der Waals surface area (Å²) in [5.74, 6) is 0.0509. The molecule has 25 heavy (non-hydrogen) atoms. The average molecular weight is 386 g/mol. The highest BCUT2D eigenvalue weighted by Crippen LogP contribution is 2.39. The Morgan fingerprint density at radius 1 is 1.48 bits per heavy atom. The minimum atomic E-state index is -1.08. The van der Waals surface area contributed by atoms with Gasteiger partial charge in [0.15, 0.2) is 0 Å². The maximum atomic E-state index is 11.9. The van der Waals surface area contributed by atoms with Crippen molar-refractivity contribution in [1.82, 2.24) is 9.80 Å². The molecule has 3 aliphatic heterocycles. The lowest BCUT2D eigenvalue weighted by atomic mass is 10.0. The molecule has 3 rings (SSSR count). The van der Waals surface area contributed by atoms with Crippen molar-refractivity contribution in [2.24, 2.45) is 5.73 Å². The Morgan fingerprint density at radius 3 is 3.00 bits per heavy atom. The van der Waals surface area contributed by atoms with E-state index in [9.17, 15) is 14.7 Å². The van der Waals surface area contributed by atoms with E-state index in [0.717, 1.165) is 25.1 Å². The number of carbonyl (C=O) groups is 2. The van der Waals surface area contributed by atoms with E-state index in [1.54, 1.807) is 17.8 Å². The number of thioether (sulfide) groups is 2. The zero-order valence-electron chi connectivity index (χ0n) is 13.8. The van der Waals surface area contributed by atoms with Gasteiger partial charge in [0, 0.05) is 24.1 Å². The second-order valence-electron chi connectivity index (χ2n) is 6.31. The molecular formula is C16H23N3O4S2. The average Bonchev–Trinajstić information content (AvgIpc) is 3.04. The van der Waals surface area contributed by atoms with Gasteiger partial charge in [-0.15, -0.1) is 23.5 Å². The Bertz CT molecular complexity index is 610. The number of nitrogens with zero attached hydrogens (tertiary/aromatic N) is 2. The number of amides is 1. The van der Waals surface area contributed by atoms with Crippen molar-refractivity contribution >= 4 is 35.4 Å². The second kappa shape index (κ2) is 8.13. The van der Waals surface area contributed by atoms with Gasteiger partial charge in [-0.2, -0.15) is 0 Å². The Balaban J connectivity index is 1.61. The quantitative estimate of drug-likeness (QED) is 0.536. The van der Waals surface area contributed by atoms with Crippen LogP contribution >= 0.6 is 23.5 Å². The summed E-state index contributed by atoms with van der Waals surface area (Å²) in [7, 11) is 0. The summed E-state index contributed by atoms with van der Waals surface area (Å²) in [5.41, 5.74) is 6.46. The predicted octanol–water partition coefficient (Wildman–Crippen LogP) is 0.271. The molecule has 3 heterocycles. The summed E-state index contributed by atoms with van der Waals surface area (Å²) in [6.45, 7) is 1.91. The first-order chi connectivity index (χ1) is 12.0. The Hall–Kier alpha value is -1.000. The van der Waals surface area contributed by atoms with E-state index < -0.39 is 12.0 Å². The first kappa shape index (κ1) is 18.8. The van der Waals surface area contributed by atoms with E-state index >= 15 is 0 Å². The standard InChI is InChI=1S/C16H23N3O4S2/c17-12-14(21)19-13(16(22)23)10(8-25-15(12)19)3-7-24-9-11-2-1-4-18(11)5-6-20/h3,7,11-12,15,20H,1-2,4-6,8-9,17H2,(H,22,23)/t11-,12+,15+/m0/s1. The van der Waals surface area contributed by atoms with E-state index in [1.807, 2.05) is 5.41 Å². The van der Waals surface area contributed by atoms with Crippen LogP contribution in [0.3, 0.4) is 0 Å². The van der Waals surface area contributed by atoms with E-state index in [4.69, 9.17) is 10.8 Å². The zero-order valence-corrected chi connectivity index (χ0v) is 15.5. The Kier molecular flexibility index (Phi) is 6.11. The summed E-state index contributed by atoms with van der Waals surface area (Å²) in [6.07, 6.45) is 4.08. The van der Waals surface area contributed by atoms with Gasteiger partial charge in [-0.1, -0.05) is 0 Å². The van der Waals surface area contributed by atoms with Crippen molar-refractivity contribution < 1.29 is 19.8 Å². The largest absolute Gasteiger partial charge is 0.477 e. The minimum absolute atomic E-state index is 0.0649. The van der Waals surface area contributed by atoms with Crippen molar-refractivity contribution in [1.29, 1.82) is 0 Å². The molecule has 0 bridgehead atoms. The number of hydrogen-bond acceptors (Lipinski definition) is 7. The molecule has 0 aromatic rings. The first-order valence-corrected chi connectivity index (χ1v) is 10.4. The fourth-order valence-corrected chi connectivity index (χ4v) is 5.71. The lowest BCUT2D eigenvalue weighted by Crippen LogP contribution is -2.68. The highest BCUT2D eigenvalue weighted by atomic mass is 32.2. The lowest BCUT2D eigenvalue weighted by molar-refractivity contribution is -0.147. The van der Waals surface area contributed by atoms with Gasteiger partial charge >= 0.3 is 5.97 Å². The number of β-amino-alcohol motifs (C(OH)–C–C–N with tert-alkyl or cyclic N) is 1. The number of nitrogens with two attached hydrogens (primary N) is 1. The number of hydrogen-bond donors (Lipinski definition) is 3. The number of rotatable bonds is 7. The highest BCUT2D eigenvalue weighted by Gasteiger charge is 2.51. The topological polar surface area (TPSA) is 107 Å². The van der Waals surface area contributed by atoms with Crippen molar-refractivity contribution in [3.05, 3.63) is 22.8 Å². The molecule has 0 aromatic carbocycles. The number of aliphatic hydroxyl groups excluding tert-OH is 1. The second-order valence-corrected chi connectivity index (χ2v) is 8.35. The number of aliphatic carboxylic acids is 1. The fraction of sp³-hybridized carbons (Fsp3) is 0.625. The van der Waals surface area contributed by atoms with Crippen LogP contribution in [0.25, 0.3) is 0 Å². The van der Waals surface area contributed by atoms with Crippen LogP contribution in [-0.2, 0) is 9.59 Å². The maximum absolute atomic E-state index is 11.9. The molecule has 1 amide bonds. The van der Waals surface area contributed by atoms with Crippen LogP contribution in [0.4, 0.5) is 0 Å². The number of likely N-dealkylation sites (tertiary alicyclic amines) is 1. The number of β-lactam (4-membered cyclic amide) rings is 1. The number of carboxylic acid groups (broad SMARTS) is 1. The van der Waals surface area contributed by atoms with Crippen molar-refractivity contribution in [3.63, 3.8) is 0 Å². The smallest absolute Gasteiger partial charge is 0.352 e. The zero-order chi connectivity index (χ0) is 18.0. The van der Waals surface area contributed by atoms with Gasteiger partial charge in [-0.3, -0.25) is 14.6 Å². The summed E-state index contributed by atoms with van der Waals surface area (Å²) in [5, 5.41) is 20.2. The third-order valence-corrected chi connectivity index (χ3v) is 7.01. The van der Waals surface area contributed by atoms with Gasteiger partial charge in [-0.05, 0) is 36.4 Å². The molecule has 7 nitrogen and oxygen atoms in total. The van der Waals surface area contributed by atoms with Crippen LogP contribution in [0.15, 0.2) is 22.8 Å². The number of allylic oxidation sites excluding steroid dienone is 1. The normalized spacial score (nSPS) is 30.1. The van der Waals surface area contributed by atoms with Crippen LogP contribution in [0.2, 0.25) is 0 Å². The van der Waals surface area contributed by atoms with Gasteiger partial charge in [0.1, 0.15) is 17.1 Å². The molecule has 2 saturated heterocycles. The molecule has 9 heteroatoms. The van der Waals surface area contributed by atoms with E-state index in [-0.39, 0.29) is 23.6 Å². The van der Waals surface area contributed by atoms with Crippen LogP contribution in [0.1, 0.15) is 12.8 Å². The van der Waals surface area contributed by atoms with Crippen molar-refractivity contribution in [3.8, 4) is 0 Å². The van der Waals surface area contributed by atoms with Gasteiger partial charge in [0.05, 0.1) is 6.61 Å². The molecule has 138 valence electrons. The molecule has 2 fully saturated rings. The van der Waals surface area contributed by atoms with Crippen molar-refractivity contribution in [2.75, 3.05) is 31.2 Å². The summed E-state index contributed by atoms with van der Waals surface area (Å²) in [4.78, 5) is 27.1. The third kappa shape index (κ3) is 3.75. The number of fused-ring (bicyclic) bond motifs is 1. The van der Waals surface area contributed by atoms with Gasteiger partial charge in [0.2, 0.25) is 5.91 Å². The molecular weight excluding hydrogens is 362 g/mol. The molecule has 0 aliphatic carbocycles. The van der Waals surface area contributed by atoms with Crippen molar-refractivity contribution in [2.45, 2.75) is 30.3 Å². The molecule has 0 aromatic heterocycles.